The van der Waals surface area contributed by atoms with Crippen LogP contribution in [0, 0.1) is 10.1 Å². The number of nitrogens with zero attached hydrogens (tertiary/aromatic N) is 5. The molecule has 0 aliphatic heterocycles. The first kappa shape index (κ1) is 22.5. The topological polar surface area (TPSA) is 86.2 Å². The molecular weight excluding hydrogens is 499 g/mol. The Morgan fingerprint density at radius 3 is 2.40 bits per heavy atom. The molecule has 0 unspecified atom stereocenters. The van der Waals surface area contributed by atoms with Gasteiger partial charge in [0.25, 0.3) is 5.69 Å². The van der Waals surface area contributed by atoms with Crippen molar-refractivity contribution in [1.29, 1.82) is 0 Å². The zero-order chi connectivity index (χ0) is 23.8. The maximum Gasteiger partial charge on any atom is 0.269 e. The average molecular weight is 520 g/mol. The number of benzene rings is 2. The molecule has 176 valence electrons. The van der Waals surface area contributed by atoms with Crippen molar-refractivity contribution >= 4 is 56.4 Å². The third-order valence-corrected chi connectivity index (χ3v) is 9.32. The first-order valence-electron chi connectivity index (χ1n) is 11.4. The lowest BCUT2D eigenvalue weighted by Crippen LogP contribution is -2.01. The van der Waals surface area contributed by atoms with Crippen LogP contribution in [-0.2, 0) is 24.3 Å². The summed E-state index contributed by atoms with van der Waals surface area (Å²) in [5.74, 6) is 1.45. The summed E-state index contributed by atoms with van der Waals surface area (Å²) in [6.45, 7) is 0. The molecule has 0 fully saturated rings. The van der Waals surface area contributed by atoms with Crippen LogP contribution in [0.3, 0.4) is 0 Å². The average Bonchev–Trinajstić information content (AvgIpc) is 3.48. The van der Waals surface area contributed by atoms with E-state index < -0.39 is 0 Å². The normalized spacial score (nSPS) is 13.4. The summed E-state index contributed by atoms with van der Waals surface area (Å²) in [6, 6.07) is 17.1. The summed E-state index contributed by atoms with van der Waals surface area (Å²) < 4.78 is 2.10. The van der Waals surface area contributed by atoms with E-state index in [0.29, 0.717) is 5.75 Å². The number of nitro groups is 1. The van der Waals surface area contributed by atoms with Crippen molar-refractivity contribution < 1.29 is 4.92 Å². The van der Waals surface area contributed by atoms with Crippen molar-refractivity contribution in [2.24, 2.45) is 0 Å². The smallest absolute Gasteiger partial charge is 0.258 e. The van der Waals surface area contributed by atoms with Crippen molar-refractivity contribution in [3.8, 4) is 0 Å². The van der Waals surface area contributed by atoms with Gasteiger partial charge in [0.15, 0.2) is 16.0 Å². The molecule has 0 saturated heterocycles. The van der Waals surface area contributed by atoms with Crippen molar-refractivity contribution in [2.45, 2.75) is 47.5 Å². The van der Waals surface area contributed by atoms with Crippen LogP contribution in [-0.4, -0.2) is 24.5 Å². The van der Waals surface area contributed by atoms with Gasteiger partial charge < -0.3 is 0 Å². The van der Waals surface area contributed by atoms with Crippen LogP contribution in [0.5, 0.6) is 0 Å². The molecule has 0 N–H and O–H groups in total. The molecule has 3 aromatic heterocycles. The first-order chi connectivity index (χ1) is 17.2. The molecule has 7 nitrogen and oxygen atoms in total. The van der Waals surface area contributed by atoms with Crippen molar-refractivity contribution in [3.63, 3.8) is 0 Å². The zero-order valence-corrected chi connectivity index (χ0v) is 21.2. The molecule has 0 atom stereocenters. The minimum atomic E-state index is -0.377. The minimum Gasteiger partial charge on any atom is -0.258 e. The third-order valence-electron chi connectivity index (χ3n) is 6.12. The van der Waals surface area contributed by atoms with Crippen LogP contribution in [0.2, 0.25) is 0 Å². The molecule has 1 aliphatic carbocycles. The molecule has 0 spiro atoms. The Morgan fingerprint density at radius 1 is 0.914 bits per heavy atom. The number of aryl methyl sites for hydroxylation is 2. The number of nitro benzene ring substituents is 1. The van der Waals surface area contributed by atoms with E-state index >= 15 is 0 Å². The van der Waals surface area contributed by atoms with E-state index in [0.717, 1.165) is 50.3 Å². The molecule has 10 heteroatoms. The molecule has 0 amide bonds. The second-order valence-corrected chi connectivity index (χ2v) is 11.4. The van der Waals surface area contributed by atoms with Crippen LogP contribution < -0.4 is 0 Å². The van der Waals surface area contributed by atoms with Gasteiger partial charge in [0, 0.05) is 28.5 Å². The number of thioether (sulfide) groups is 2. The number of thiophene rings is 1. The van der Waals surface area contributed by atoms with Crippen molar-refractivity contribution in [3.05, 3.63) is 86.3 Å². The fourth-order valence-corrected chi connectivity index (χ4v) is 7.58. The molecule has 0 bridgehead atoms. The Labute approximate surface area is 214 Å². The number of non-ortho nitro benzene ring substituents is 1. The number of rotatable bonds is 7. The lowest BCUT2D eigenvalue weighted by molar-refractivity contribution is -0.384. The van der Waals surface area contributed by atoms with Gasteiger partial charge in [-0.05, 0) is 42.4 Å². The predicted octanol–water partition coefficient (Wildman–Crippen LogP) is 6.71. The Balaban J connectivity index is 1.38. The molecule has 0 radical (unpaired) electrons. The fraction of sp³-hybridized carbons (Fsp3) is 0.240. The maximum absolute atomic E-state index is 11.0. The van der Waals surface area contributed by atoms with E-state index in [-0.39, 0.29) is 10.6 Å². The van der Waals surface area contributed by atoms with E-state index in [9.17, 15) is 10.1 Å². The zero-order valence-electron chi connectivity index (χ0n) is 18.7. The summed E-state index contributed by atoms with van der Waals surface area (Å²) in [4.78, 5) is 18.2. The highest BCUT2D eigenvalue weighted by Gasteiger charge is 2.24. The summed E-state index contributed by atoms with van der Waals surface area (Å²) in [5, 5.41) is 23.0. The van der Waals surface area contributed by atoms with Crippen LogP contribution in [0.1, 0.15) is 34.4 Å². The second kappa shape index (κ2) is 9.60. The predicted molar refractivity (Wildman–Crippen MR) is 141 cm³/mol. The fourth-order valence-electron chi connectivity index (χ4n) is 4.38. The standard InChI is InChI=1S/C25H21N5O2S3/c31-30(32)18-12-10-17(11-13-18)15-34-25-28-27-22-21-19-8-4-5-9-20(19)35-23(21)26-24(29(22)25)33-14-16-6-2-1-3-7-16/h1-3,6-7,10-13H,4-5,8-9,14-15H2. The molecule has 0 saturated carbocycles. The molecule has 6 rings (SSSR count). The van der Waals surface area contributed by atoms with Gasteiger partial charge in [-0.25, -0.2) is 9.38 Å². The molecule has 3 heterocycles. The van der Waals surface area contributed by atoms with E-state index in [1.807, 2.05) is 6.07 Å². The number of aromatic nitrogens is 4. The van der Waals surface area contributed by atoms with Gasteiger partial charge in [-0.2, -0.15) is 0 Å². The Bertz CT molecular complexity index is 1530. The number of hydrogen-bond acceptors (Lipinski definition) is 8. The third kappa shape index (κ3) is 4.41. The van der Waals surface area contributed by atoms with E-state index in [4.69, 9.17) is 4.98 Å². The Morgan fingerprint density at radius 2 is 1.63 bits per heavy atom. The van der Waals surface area contributed by atoms with Crippen LogP contribution >= 0.6 is 34.9 Å². The van der Waals surface area contributed by atoms with E-state index in [1.54, 1.807) is 59.1 Å². The van der Waals surface area contributed by atoms with E-state index in [2.05, 4.69) is 38.9 Å². The number of fused-ring (bicyclic) bond motifs is 5. The van der Waals surface area contributed by atoms with E-state index in [1.165, 1.54) is 28.8 Å². The number of hydrogen-bond donors (Lipinski definition) is 0. The molecule has 5 aromatic rings. The summed E-state index contributed by atoms with van der Waals surface area (Å²) in [7, 11) is 0. The van der Waals surface area contributed by atoms with Gasteiger partial charge in [0.2, 0.25) is 0 Å². The first-order valence-corrected chi connectivity index (χ1v) is 14.2. The Hall–Kier alpha value is -2.95. The van der Waals surface area contributed by atoms with Crippen molar-refractivity contribution in [2.75, 3.05) is 0 Å². The summed E-state index contributed by atoms with van der Waals surface area (Å²) in [5.41, 5.74) is 4.62. The SMILES string of the molecule is O=[N+]([O-])c1ccc(CSc2nnc3c4c5c(sc4nc(SCc4ccccc4)n23)CCCC5)cc1. The molecule has 2 aromatic carbocycles. The van der Waals surface area contributed by atoms with Gasteiger partial charge in [0.05, 0.1) is 10.3 Å². The minimum absolute atomic E-state index is 0.0973. The van der Waals surface area contributed by atoms with Crippen LogP contribution in [0.25, 0.3) is 15.9 Å². The quantitative estimate of drug-likeness (QED) is 0.102. The van der Waals surface area contributed by atoms with Gasteiger partial charge in [-0.3, -0.25) is 10.1 Å². The highest BCUT2D eigenvalue weighted by Crippen LogP contribution is 2.40. The monoisotopic (exact) mass is 519 g/mol. The molecular formula is C25H21N5O2S3. The highest BCUT2D eigenvalue weighted by atomic mass is 32.2. The molecule has 1 aliphatic rings. The lowest BCUT2D eigenvalue weighted by Gasteiger charge is -2.11. The lowest BCUT2D eigenvalue weighted by atomic mass is 9.97. The van der Waals surface area contributed by atoms with Crippen molar-refractivity contribution in [1.82, 2.24) is 19.6 Å². The van der Waals surface area contributed by atoms with Gasteiger partial charge in [-0.15, -0.1) is 21.5 Å². The second-order valence-electron chi connectivity index (χ2n) is 8.41. The largest absolute Gasteiger partial charge is 0.269 e. The van der Waals surface area contributed by atoms with Gasteiger partial charge in [-0.1, -0.05) is 66.0 Å². The van der Waals surface area contributed by atoms with Crippen LogP contribution in [0.4, 0.5) is 5.69 Å². The van der Waals surface area contributed by atoms with Gasteiger partial charge >= 0.3 is 0 Å². The Kier molecular flexibility index (Phi) is 6.17. The highest BCUT2D eigenvalue weighted by molar-refractivity contribution is 7.99. The molecule has 35 heavy (non-hydrogen) atoms. The van der Waals surface area contributed by atoms with Gasteiger partial charge in [0.1, 0.15) is 4.83 Å². The summed E-state index contributed by atoms with van der Waals surface area (Å²) in [6.07, 6.45) is 4.62. The summed E-state index contributed by atoms with van der Waals surface area (Å²) >= 11 is 5.08. The maximum atomic E-state index is 11.0. The van der Waals surface area contributed by atoms with Crippen LogP contribution in [0.15, 0.2) is 64.9 Å².